The Morgan fingerprint density at radius 2 is 1.76 bits per heavy atom. The SMILES string of the molecule is CNCc1cccc(C)c1OCc1ccc(C(C)C)cc1. The molecular formula is C19H25NO. The molecule has 0 aliphatic rings. The quantitative estimate of drug-likeness (QED) is 0.847. The number of hydrogen-bond acceptors (Lipinski definition) is 2. The van der Waals surface area contributed by atoms with Gasteiger partial charge in [-0.05, 0) is 36.6 Å². The molecule has 0 heterocycles. The van der Waals surface area contributed by atoms with Gasteiger partial charge in [-0.3, -0.25) is 0 Å². The van der Waals surface area contributed by atoms with E-state index in [4.69, 9.17) is 4.74 Å². The zero-order chi connectivity index (χ0) is 15.2. The van der Waals surface area contributed by atoms with Crippen molar-refractivity contribution in [2.24, 2.45) is 0 Å². The predicted molar refractivity (Wildman–Crippen MR) is 88.8 cm³/mol. The standard InChI is InChI=1S/C19H25NO/c1-14(2)17-10-8-16(9-11-17)13-21-19-15(3)6-5-7-18(19)12-20-4/h5-11,14,20H,12-13H2,1-4H3. The van der Waals surface area contributed by atoms with E-state index in [-0.39, 0.29) is 0 Å². The number of para-hydroxylation sites is 1. The van der Waals surface area contributed by atoms with Crippen molar-refractivity contribution in [1.29, 1.82) is 0 Å². The van der Waals surface area contributed by atoms with E-state index >= 15 is 0 Å². The lowest BCUT2D eigenvalue weighted by Gasteiger charge is -2.14. The maximum Gasteiger partial charge on any atom is 0.127 e. The van der Waals surface area contributed by atoms with E-state index in [1.807, 2.05) is 7.05 Å². The molecule has 2 rings (SSSR count). The summed E-state index contributed by atoms with van der Waals surface area (Å²) >= 11 is 0. The molecule has 0 spiro atoms. The van der Waals surface area contributed by atoms with Crippen molar-refractivity contribution >= 4 is 0 Å². The molecule has 2 nitrogen and oxygen atoms in total. The molecule has 0 atom stereocenters. The molecule has 0 amide bonds. The van der Waals surface area contributed by atoms with Crippen molar-refractivity contribution in [1.82, 2.24) is 5.32 Å². The zero-order valence-corrected chi connectivity index (χ0v) is 13.4. The number of hydrogen-bond donors (Lipinski definition) is 1. The monoisotopic (exact) mass is 283 g/mol. The van der Waals surface area contributed by atoms with Crippen molar-refractivity contribution in [3.05, 3.63) is 64.7 Å². The fourth-order valence-corrected chi connectivity index (χ4v) is 2.40. The molecule has 0 unspecified atom stereocenters. The van der Waals surface area contributed by atoms with Crippen LogP contribution >= 0.6 is 0 Å². The van der Waals surface area contributed by atoms with Crippen molar-refractivity contribution in [2.75, 3.05) is 7.05 Å². The molecule has 0 saturated carbocycles. The van der Waals surface area contributed by atoms with E-state index in [0.29, 0.717) is 12.5 Å². The summed E-state index contributed by atoms with van der Waals surface area (Å²) in [5, 5.41) is 3.19. The molecule has 0 saturated heterocycles. The first-order valence-electron chi connectivity index (χ1n) is 7.56. The maximum absolute atomic E-state index is 6.07. The van der Waals surface area contributed by atoms with Crippen LogP contribution in [0.3, 0.4) is 0 Å². The van der Waals surface area contributed by atoms with Crippen molar-refractivity contribution in [2.45, 2.75) is 39.8 Å². The van der Waals surface area contributed by atoms with Gasteiger partial charge in [-0.1, -0.05) is 56.3 Å². The Morgan fingerprint density at radius 1 is 1.05 bits per heavy atom. The summed E-state index contributed by atoms with van der Waals surface area (Å²) in [5.41, 5.74) is 4.96. The van der Waals surface area contributed by atoms with Crippen LogP contribution in [-0.4, -0.2) is 7.05 Å². The molecule has 2 aromatic rings. The van der Waals surface area contributed by atoms with Crippen LogP contribution in [0.2, 0.25) is 0 Å². The third-order valence-corrected chi connectivity index (χ3v) is 3.69. The van der Waals surface area contributed by atoms with Gasteiger partial charge in [0.1, 0.15) is 12.4 Å². The molecule has 1 N–H and O–H groups in total. The first kappa shape index (κ1) is 15.6. The third kappa shape index (κ3) is 4.08. The molecule has 2 aromatic carbocycles. The Hall–Kier alpha value is -1.80. The largest absolute Gasteiger partial charge is 0.488 e. The van der Waals surface area contributed by atoms with Gasteiger partial charge >= 0.3 is 0 Å². The second-order valence-electron chi connectivity index (χ2n) is 5.78. The number of rotatable bonds is 6. The summed E-state index contributed by atoms with van der Waals surface area (Å²) < 4.78 is 6.07. The van der Waals surface area contributed by atoms with Gasteiger partial charge in [0.15, 0.2) is 0 Å². The van der Waals surface area contributed by atoms with E-state index < -0.39 is 0 Å². The molecule has 21 heavy (non-hydrogen) atoms. The minimum Gasteiger partial charge on any atom is -0.488 e. The van der Waals surface area contributed by atoms with Gasteiger partial charge in [-0.25, -0.2) is 0 Å². The topological polar surface area (TPSA) is 21.3 Å². The summed E-state index contributed by atoms with van der Waals surface area (Å²) in [5.74, 6) is 1.57. The molecule has 0 bridgehead atoms. The molecular weight excluding hydrogens is 258 g/mol. The second-order valence-corrected chi connectivity index (χ2v) is 5.78. The van der Waals surface area contributed by atoms with Crippen molar-refractivity contribution in [3.8, 4) is 5.75 Å². The Balaban J connectivity index is 2.09. The van der Waals surface area contributed by atoms with E-state index in [1.165, 1.54) is 22.3 Å². The van der Waals surface area contributed by atoms with Crippen LogP contribution in [0.4, 0.5) is 0 Å². The van der Waals surface area contributed by atoms with E-state index in [2.05, 4.69) is 68.6 Å². The highest BCUT2D eigenvalue weighted by atomic mass is 16.5. The Morgan fingerprint density at radius 3 is 2.38 bits per heavy atom. The number of aryl methyl sites for hydroxylation is 1. The molecule has 0 radical (unpaired) electrons. The number of benzene rings is 2. The van der Waals surface area contributed by atoms with E-state index in [0.717, 1.165) is 12.3 Å². The fraction of sp³-hybridized carbons (Fsp3) is 0.368. The highest BCUT2D eigenvalue weighted by Crippen LogP contribution is 2.24. The summed E-state index contributed by atoms with van der Waals surface area (Å²) in [4.78, 5) is 0. The lowest BCUT2D eigenvalue weighted by Crippen LogP contribution is -2.08. The Labute approximate surface area is 128 Å². The van der Waals surface area contributed by atoms with Gasteiger partial charge in [0, 0.05) is 12.1 Å². The van der Waals surface area contributed by atoms with Gasteiger partial charge in [0.05, 0.1) is 0 Å². The van der Waals surface area contributed by atoms with Gasteiger partial charge in [-0.15, -0.1) is 0 Å². The average Bonchev–Trinajstić information content (AvgIpc) is 2.47. The van der Waals surface area contributed by atoms with Gasteiger partial charge in [0.25, 0.3) is 0 Å². The van der Waals surface area contributed by atoms with Crippen LogP contribution in [0.25, 0.3) is 0 Å². The Bertz CT molecular complexity index is 573. The summed E-state index contributed by atoms with van der Waals surface area (Å²) in [6.07, 6.45) is 0. The van der Waals surface area contributed by atoms with E-state index in [9.17, 15) is 0 Å². The molecule has 2 heteroatoms. The third-order valence-electron chi connectivity index (χ3n) is 3.69. The van der Waals surface area contributed by atoms with Crippen LogP contribution in [0, 0.1) is 6.92 Å². The first-order chi connectivity index (χ1) is 10.1. The lowest BCUT2D eigenvalue weighted by atomic mass is 10.0. The molecule has 0 aliphatic heterocycles. The zero-order valence-electron chi connectivity index (χ0n) is 13.4. The summed E-state index contributed by atoms with van der Waals surface area (Å²) in [6.45, 7) is 7.95. The van der Waals surface area contributed by atoms with Crippen LogP contribution in [-0.2, 0) is 13.2 Å². The molecule has 0 aromatic heterocycles. The normalized spacial score (nSPS) is 10.9. The highest BCUT2D eigenvalue weighted by molar-refractivity contribution is 5.41. The summed E-state index contributed by atoms with van der Waals surface area (Å²) in [6, 6.07) is 15.0. The van der Waals surface area contributed by atoms with Crippen LogP contribution in [0.1, 0.15) is 42.0 Å². The lowest BCUT2D eigenvalue weighted by molar-refractivity contribution is 0.300. The second kappa shape index (κ2) is 7.28. The molecule has 0 aliphatic carbocycles. The smallest absolute Gasteiger partial charge is 0.127 e. The van der Waals surface area contributed by atoms with Crippen LogP contribution < -0.4 is 10.1 Å². The van der Waals surface area contributed by atoms with Crippen molar-refractivity contribution in [3.63, 3.8) is 0 Å². The number of nitrogens with one attached hydrogen (secondary N) is 1. The minimum atomic E-state index is 0.568. The Kier molecular flexibility index (Phi) is 5.40. The van der Waals surface area contributed by atoms with Crippen LogP contribution in [0.5, 0.6) is 5.75 Å². The minimum absolute atomic E-state index is 0.568. The van der Waals surface area contributed by atoms with Crippen molar-refractivity contribution < 1.29 is 4.74 Å². The first-order valence-corrected chi connectivity index (χ1v) is 7.56. The number of ether oxygens (including phenoxy) is 1. The van der Waals surface area contributed by atoms with Gasteiger partial charge in [0.2, 0.25) is 0 Å². The predicted octanol–water partition coefficient (Wildman–Crippen LogP) is 4.42. The maximum atomic E-state index is 6.07. The molecule has 112 valence electrons. The summed E-state index contributed by atoms with van der Waals surface area (Å²) in [7, 11) is 1.96. The highest BCUT2D eigenvalue weighted by Gasteiger charge is 2.07. The molecule has 0 fully saturated rings. The van der Waals surface area contributed by atoms with E-state index in [1.54, 1.807) is 0 Å². The van der Waals surface area contributed by atoms with Crippen LogP contribution in [0.15, 0.2) is 42.5 Å². The average molecular weight is 283 g/mol. The van der Waals surface area contributed by atoms with Gasteiger partial charge < -0.3 is 10.1 Å². The van der Waals surface area contributed by atoms with Gasteiger partial charge in [-0.2, -0.15) is 0 Å². The fourth-order valence-electron chi connectivity index (χ4n) is 2.40.